The number of hydrogen-bond donors (Lipinski definition) is 2. The summed E-state index contributed by atoms with van der Waals surface area (Å²) in [6.45, 7) is 3.83. The topological polar surface area (TPSA) is 103 Å². The van der Waals surface area contributed by atoms with Crippen molar-refractivity contribution in [3.8, 4) is 5.82 Å². The van der Waals surface area contributed by atoms with Crippen LogP contribution in [0.1, 0.15) is 33.4 Å². The number of nitrogens with zero attached hydrogens (tertiary/aromatic N) is 3. The van der Waals surface area contributed by atoms with E-state index in [0.29, 0.717) is 16.9 Å². The minimum Gasteiger partial charge on any atom is -0.368 e. The van der Waals surface area contributed by atoms with Crippen molar-refractivity contribution >= 4 is 11.8 Å². The molecule has 0 aliphatic rings. The van der Waals surface area contributed by atoms with Gasteiger partial charge in [0.05, 0.1) is 11.3 Å². The zero-order valence-electron chi connectivity index (χ0n) is 14.5. The van der Waals surface area contributed by atoms with Crippen LogP contribution in [0.5, 0.6) is 0 Å². The normalized spacial score (nSPS) is 11.8. The number of primary amides is 1. The number of benzene rings is 1. The lowest BCUT2D eigenvalue weighted by atomic mass is 10.1. The van der Waals surface area contributed by atoms with Gasteiger partial charge < -0.3 is 11.1 Å². The second kappa shape index (κ2) is 7.18. The van der Waals surface area contributed by atoms with Crippen molar-refractivity contribution in [3.05, 3.63) is 77.2 Å². The highest BCUT2D eigenvalue weighted by Gasteiger charge is 2.21. The molecule has 0 radical (unpaired) electrons. The average Bonchev–Trinajstić information content (AvgIpc) is 2.98. The molecule has 3 rings (SSSR count). The van der Waals surface area contributed by atoms with E-state index in [1.807, 2.05) is 26.0 Å². The van der Waals surface area contributed by atoms with E-state index in [1.165, 1.54) is 6.20 Å². The third-order valence-electron chi connectivity index (χ3n) is 3.93. The summed E-state index contributed by atoms with van der Waals surface area (Å²) in [5, 5.41) is 7.01. The monoisotopic (exact) mass is 349 g/mol. The van der Waals surface area contributed by atoms with E-state index in [4.69, 9.17) is 5.73 Å². The van der Waals surface area contributed by atoms with Crippen LogP contribution in [0.4, 0.5) is 0 Å². The number of carbonyl (C=O) groups excluding carboxylic acids is 2. The van der Waals surface area contributed by atoms with Crippen LogP contribution in [-0.4, -0.2) is 26.6 Å². The highest BCUT2D eigenvalue weighted by atomic mass is 16.2. The summed E-state index contributed by atoms with van der Waals surface area (Å²) in [4.78, 5) is 28.5. The van der Waals surface area contributed by atoms with Crippen molar-refractivity contribution in [2.24, 2.45) is 5.73 Å². The van der Waals surface area contributed by atoms with Gasteiger partial charge in [-0.1, -0.05) is 30.3 Å². The number of carbonyl (C=O) groups is 2. The highest BCUT2D eigenvalue weighted by Crippen LogP contribution is 2.14. The number of pyridine rings is 1. The maximum Gasteiger partial charge on any atom is 0.253 e. The van der Waals surface area contributed by atoms with Gasteiger partial charge in [-0.2, -0.15) is 5.10 Å². The summed E-state index contributed by atoms with van der Waals surface area (Å²) in [7, 11) is 0. The van der Waals surface area contributed by atoms with E-state index in [-0.39, 0.29) is 0 Å². The molecule has 7 nitrogen and oxygen atoms in total. The second-order valence-electron chi connectivity index (χ2n) is 5.96. The SMILES string of the molecule is Cc1cc(C)n(-c2ccc(C(=O)NC(C(N)=O)c3ccccc3)cn2)n1. The number of amides is 2. The van der Waals surface area contributed by atoms with Crippen LogP contribution in [-0.2, 0) is 4.79 Å². The molecule has 1 atom stereocenters. The first-order valence-corrected chi connectivity index (χ1v) is 8.10. The first kappa shape index (κ1) is 17.3. The first-order valence-electron chi connectivity index (χ1n) is 8.10. The Kier molecular flexibility index (Phi) is 4.79. The van der Waals surface area contributed by atoms with Gasteiger partial charge in [0.2, 0.25) is 5.91 Å². The van der Waals surface area contributed by atoms with Crippen molar-refractivity contribution in [3.63, 3.8) is 0 Å². The molecule has 0 saturated heterocycles. The fourth-order valence-electron chi connectivity index (χ4n) is 2.69. The van der Waals surface area contributed by atoms with Crippen molar-refractivity contribution in [2.75, 3.05) is 0 Å². The maximum atomic E-state index is 12.5. The van der Waals surface area contributed by atoms with E-state index in [9.17, 15) is 9.59 Å². The van der Waals surface area contributed by atoms with Gasteiger partial charge in [0.1, 0.15) is 6.04 Å². The van der Waals surface area contributed by atoms with E-state index in [0.717, 1.165) is 11.4 Å². The van der Waals surface area contributed by atoms with Gasteiger partial charge in [-0.3, -0.25) is 9.59 Å². The van der Waals surface area contributed by atoms with Crippen LogP contribution in [0.25, 0.3) is 5.82 Å². The van der Waals surface area contributed by atoms with Gasteiger partial charge >= 0.3 is 0 Å². The number of nitrogens with one attached hydrogen (secondary N) is 1. The van der Waals surface area contributed by atoms with Gasteiger partial charge in [-0.15, -0.1) is 0 Å². The molecule has 1 unspecified atom stereocenters. The van der Waals surface area contributed by atoms with E-state index in [1.54, 1.807) is 41.1 Å². The van der Waals surface area contributed by atoms with Crippen molar-refractivity contribution < 1.29 is 9.59 Å². The molecule has 0 aliphatic carbocycles. The lowest BCUT2D eigenvalue weighted by Crippen LogP contribution is -2.37. The number of hydrogen-bond acceptors (Lipinski definition) is 4. The molecule has 3 aromatic rings. The van der Waals surface area contributed by atoms with Gasteiger partial charge in [0, 0.05) is 11.9 Å². The average molecular weight is 349 g/mol. The van der Waals surface area contributed by atoms with Crippen LogP contribution < -0.4 is 11.1 Å². The van der Waals surface area contributed by atoms with E-state index < -0.39 is 17.9 Å². The Morgan fingerprint density at radius 3 is 2.38 bits per heavy atom. The number of nitrogens with two attached hydrogens (primary N) is 1. The molecule has 3 N–H and O–H groups in total. The molecule has 0 bridgehead atoms. The number of rotatable bonds is 5. The van der Waals surface area contributed by atoms with Gasteiger partial charge in [0.25, 0.3) is 5.91 Å². The molecule has 2 amide bonds. The molecule has 132 valence electrons. The molecule has 2 aromatic heterocycles. The lowest BCUT2D eigenvalue weighted by molar-refractivity contribution is -0.120. The van der Waals surface area contributed by atoms with Crippen LogP contribution in [0, 0.1) is 13.8 Å². The van der Waals surface area contributed by atoms with Crippen LogP contribution >= 0.6 is 0 Å². The van der Waals surface area contributed by atoms with E-state index in [2.05, 4.69) is 15.4 Å². The molecular formula is C19H19N5O2. The van der Waals surface area contributed by atoms with Crippen molar-refractivity contribution in [1.82, 2.24) is 20.1 Å². The van der Waals surface area contributed by atoms with Crippen LogP contribution in [0.2, 0.25) is 0 Å². The van der Waals surface area contributed by atoms with Gasteiger partial charge in [0.15, 0.2) is 5.82 Å². The Bertz CT molecular complexity index is 932. The summed E-state index contributed by atoms with van der Waals surface area (Å²) in [5.41, 5.74) is 8.23. The largest absolute Gasteiger partial charge is 0.368 e. The standard InChI is InChI=1S/C19H19N5O2/c1-12-10-13(2)24(23-12)16-9-8-15(11-21-16)19(26)22-17(18(20)25)14-6-4-3-5-7-14/h3-11,17H,1-2H3,(H2,20,25)(H,22,26). The number of aromatic nitrogens is 3. The molecular weight excluding hydrogens is 330 g/mol. The molecule has 0 aliphatic heterocycles. The fraction of sp³-hybridized carbons (Fsp3) is 0.158. The minimum atomic E-state index is -0.903. The molecule has 0 fully saturated rings. The molecule has 7 heteroatoms. The Balaban J connectivity index is 1.79. The Morgan fingerprint density at radius 1 is 1.12 bits per heavy atom. The van der Waals surface area contributed by atoms with E-state index >= 15 is 0 Å². The van der Waals surface area contributed by atoms with Crippen molar-refractivity contribution in [1.29, 1.82) is 0 Å². The zero-order chi connectivity index (χ0) is 18.7. The molecule has 26 heavy (non-hydrogen) atoms. The lowest BCUT2D eigenvalue weighted by Gasteiger charge is -2.16. The summed E-state index contributed by atoms with van der Waals surface area (Å²) in [5.74, 6) is -0.441. The fourth-order valence-corrected chi connectivity index (χ4v) is 2.69. The summed E-state index contributed by atoms with van der Waals surface area (Å²) in [6, 6.07) is 13.2. The quantitative estimate of drug-likeness (QED) is 0.733. The summed E-state index contributed by atoms with van der Waals surface area (Å²) in [6.07, 6.45) is 1.45. The second-order valence-corrected chi connectivity index (χ2v) is 5.96. The first-order chi connectivity index (χ1) is 12.5. The Morgan fingerprint density at radius 2 is 1.85 bits per heavy atom. The van der Waals surface area contributed by atoms with Crippen molar-refractivity contribution in [2.45, 2.75) is 19.9 Å². The Labute approximate surface area is 150 Å². The number of aryl methyl sites for hydroxylation is 2. The third kappa shape index (κ3) is 3.61. The zero-order valence-corrected chi connectivity index (χ0v) is 14.5. The molecule has 2 heterocycles. The highest BCUT2D eigenvalue weighted by molar-refractivity contribution is 5.97. The molecule has 1 aromatic carbocycles. The summed E-state index contributed by atoms with van der Waals surface area (Å²) >= 11 is 0. The summed E-state index contributed by atoms with van der Waals surface area (Å²) < 4.78 is 1.70. The molecule has 0 spiro atoms. The third-order valence-corrected chi connectivity index (χ3v) is 3.93. The van der Waals surface area contributed by atoms with Gasteiger partial charge in [-0.05, 0) is 37.6 Å². The molecule has 0 saturated carbocycles. The predicted octanol–water partition coefficient (Wildman–Crippen LogP) is 1.84. The smallest absolute Gasteiger partial charge is 0.253 e. The van der Waals surface area contributed by atoms with Crippen LogP contribution in [0.3, 0.4) is 0 Å². The maximum absolute atomic E-state index is 12.5. The van der Waals surface area contributed by atoms with Gasteiger partial charge in [-0.25, -0.2) is 9.67 Å². The predicted molar refractivity (Wildman–Crippen MR) is 96.7 cm³/mol. The minimum absolute atomic E-state index is 0.331. The van der Waals surface area contributed by atoms with Crippen LogP contribution in [0.15, 0.2) is 54.7 Å². The Hall–Kier alpha value is -3.48.